The van der Waals surface area contributed by atoms with E-state index in [2.05, 4.69) is 11.7 Å². The zero-order chi connectivity index (χ0) is 19.4. The van der Waals surface area contributed by atoms with E-state index in [-0.39, 0.29) is 18.4 Å². The molecule has 0 aromatic rings. The molecule has 6 nitrogen and oxygen atoms in total. The predicted octanol–water partition coefficient (Wildman–Crippen LogP) is 3.04. The molecular weight excluding hydrogens is 336 g/mol. The molecule has 150 valence electrons. The lowest BCUT2D eigenvalue weighted by atomic mass is 9.92. The van der Waals surface area contributed by atoms with Gasteiger partial charge in [0.05, 0.1) is 7.11 Å². The molecular formula is C20H34O6. The fraction of sp³-hybridized carbons (Fsp3) is 0.800. The van der Waals surface area contributed by atoms with E-state index in [1.54, 1.807) is 0 Å². The number of ether oxygens (including phenoxy) is 2. The highest BCUT2D eigenvalue weighted by Crippen LogP contribution is 2.24. The lowest BCUT2D eigenvalue weighted by molar-refractivity contribution is -0.160. The quantitative estimate of drug-likeness (QED) is 0.405. The summed E-state index contributed by atoms with van der Waals surface area (Å²) >= 11 is 0. The number of unbranched alkanes of at least 4 members (excludes halogenated alkanes) is 8. The molecule has 26 heavy (non-hydrogen) atoms. The molecule has 0 radical (unpaired) electrons. The summed E-state index contributed by atoms with van der Waals surface area (Å²) in [5.41, 5.74) is 0.214. The molecule has 1 rings (SSSR count). The van der Waals surface area contributed by atoms with Crippen molar-refractivity contribution in [1.82, 2.24) is 0 Å². The van der Waals surface area contributed by atoms with Crippen molar-refractivity contribution < 1.29 is 29.3 Å². The van der Waals surface area contributed by atoms with Gasteiger partial charge in [-0.05, 0) is 12.5 Å². The molecule has 1 aliphatic carbocycles. The molecule has 0 saturated heterocycles. The van der Waals surface area contributed by atoms with E-state index in [9.17, 15) is 19.8 Å². The summed E-state index contributed by atoms with van der Waals surface area (Å²) in [4.78, 5) is 23.5. The summed E-state index contributed by atoms with van der Waals surface area (Å²) in [5, 5.41) is 19.8. The molecule has 0 bridgehead atoms. The highest BCUT2D eigenvalue weighted by atomic mass is 16.6. The zero-order valence-corrected chi connectivity index (χ0v) is 16.1. The Bertz CT molecular complexity index is 459. The molecule has 0 spiro atoms. The Morgan fingerprint density at radius 1 is 1.04 bits per heavy atom. The van der Waals surface area contributed by atoms with Crippen LogP contribution < -0.4 is 0 Å². The second-order valence-corrected chi connectivity index (χ2v) is 6.98. The van der Waals surface area contributed by atoms with Crippen molar-refractivity contribution in [3.05, 3.63) is 11.6 Å². The van der Waals surface area contributed by atoms with Gasteiger partial charge in [0.1, 0.15) is 18.3 Å². The van der Waals surface area contributed by atoms with Crippen molar-refractivity contribution >= 4 is 11.9 Å². The van der Waals surface area contributed by atoms with E-state index in [0.29, 0.717) is 0 Å². The Morgan fingerprint density at radius 3 is 2.19 bits per heavy atom. The Balaban J connectivity index is 2.22. The zero-order valence-electron chi connectivity index (χ0n) is 16.1. The molecule has 0 amide bonds. The van der Waals surface area contributed by atoms with Crippen LogP contribution in [0.1, 0.15) is 77.6 Å². The molecule has 0 aromatic carbocycles. The van der Waals surface area contributed by atoms with Crippen molar-refractivity contribution in [2.24, 2.45) is 0 Å². The molecule has 0 fully saturated rings. The first-order valence-corrected chi connectivity index (χ1v) is 9.84. The van der Waals surface area contributed by atoms with Gasteiger partial charge in [0.25, 0.3) is 0 Å². The van der Waals surface area contributed by atoms with Crippen LogP contribution in [0.25, 0.3) is 0 Å². The third-order valence-electron chi connectivity index (χ3n) is 4.74. The highest BCUT2D eigenvalue weighted by molar-refractivity contribution is 5.88. The minimum Gasteiger partial charge on any atom is -0.466 e. The Hall–Kier alpha value is -1.40. The van der Waals surface area contributed by atoms with Gasteiger partial charge in [0.2, 0.25) is 0 Å². The maximum Gasteiger partial charge on any atom is 0.333 e. The fourth-order valence-electron chi connectivity index (χ4n) is 3.13. The van der Waals surface area contributed by atoms with Gasteiger partial charge in [0, 0.05) is 18.4 Å². The Kier molecular flexibility index (Phi) is 11.2. The van der Waals surface area contributed by atoms with Crippen LogP contribution in [0.3, 0.4) is 0 Å². The normalized spacial score (nSPS) is 22.6. The SMILES string of the molecule is CCCCCCCCCCCC(=O)O[C@@H]1CC(C(=O)OC)=C[C@@H](O)[C@H]1O. The van der Waals surface area contributed by atoms with Gasteiger partial charge >= 0.3 is 11.9 Å². The number of hydrogen-bond acceptors (Lipinski definition) is 6. The third-order valence-corrected chi connectivity index (χ3v) is 4.74. The number of esters is 2. The van der Waals surface area contributed by atoms with Gasteiger partial charge < -0.3 is 19.7 Å². The van der Waals surface area contributed by atoms with Crippen LogP contribution in [0.5, 0.6) is 0 Å². The smallest absolute Gasteiger partial charge is 0.333 e. The summed E-state index contributed by atoms with van der Waals surface area (Å²) in [6, 6.07) is 0. The van der Waals surface area contributed by atoms with Crippen molar-refractivity contribution in [3.63, 3.8) is 0 Å². The Labute approximate surface area is 156 Å². The summed E-state index contributed by atoms with van der Waals surface area (Å²) < 4.78 is 9.89. The third kappa shape index (κ3) is 8.32. The van der Waals surface area contributed by atoms with E-state index >= 15 is 0 Å². The number of hydrogen-bond donors (Lipinski definition) is 2. The fourth-order valence-corrected chi connectivity index (χ4v) is 3.13. The average Bonchev–Trinajstić information content (AvgIpc) is 2.63. The predicted molar refractivity (Wildman–Crippen MR) is 98.5 cm³/mol. The maximum atomic E-state index is 12.0. The van der Waals surface area contributed by atoms with E-state index < -0.39 is 30.3 Å². The van der Waals surface area contributed by atoms with Crippen LogP contribution in [0.4, 0.5) is 0 Å². The van der Waals surface area contributed by atoms with Gasteiger partial charge in [-0.2, -0.15) is 0 Å². The number of carbonyl (C=O) groups is 2. The number of aliphatic hydroxyl groups is 2. The minimum atomic E-state index is -1.25. The van der Waals surface area contributed by atoms with E-state index in [4.69, 9.17) is 4.74 Å². The number of aliphatic hydroxyl groups excluding tert-OH is 2. The summed E-state index contributed by atoms with van der Waals surface area (Å²) in [7, 11) is 1.24. The van der Waals surface area contributed by atoms with Gasteiger partial charge in [-0.3, -0.25) is 4.79 Å². The monoisotopic (exact) mass is 370 g/mol. The molecule has 3 atom stereocenters. The van der Waals surface area contributed by atoms with Gasteiger partial charge in [-0.25, -0.2) is 4.79 Å². The average molecular weight is 370 g/mol. The number of carbonyl (C=O) groups excluding carboxylic acids is 2. The lowest BCUT2D eigenvalue weighted by Gasteiger charge is -2.30. The molecule has 0 saturated carbocycles. The van der Waals surface area contributed by atoms with E-state index in [1.165, 1.54) is 51.7 Å². The molecule has 2 N–H and O–H groups in total. The molecule has 1 aliphatic rings. The van der Waals surface area contributed by atoms with Crippen molar-refractivity contribution in [2.75, 3.05) is 7.11 Å². The molecule has 0 heterocycles. The lowest BCUT2D eigenvalue weighted by Crippen LogP contribution is -2.43. The number of rotatable bonds is 12. The summed E-state index contributed by atoms with van der Waals surface area (Å²) in [5.74, 6) is -0.994. The first kappa shape index (κ1) is 22.6. The standard InChI is InChI=1S/C20H34O6/c1-3-4-5-6-7-8-9-10-11-12-18(22)26-17-14-15(20(24)25-2)13-16(21)19(17)23/h13,16-17,19,21,23H,3-12,14H2,1-2H3/t16-,17-,19-/m1/s1. The molecule has 0 unspecified atom stereocenters. The molecule has 6 heteroatoms. The summed E-state index contributed by atoms with van der Waals surface area (Å²) in [6.45, 7) is 2.21. The van der Waals surface area contributed by atoms with Crippen molar-refractivity contribution in [2.45, 2.75) is 95.9 Å². The van der Waals surface area contributed by atoms with E-state index in [0.717, 1.165) is 19.3 Å². The highest BCUT2D eigenvalue weighted by Gasteiger charge is 2.35. The van der Waals surface area contributed by atoms with E-state index in [1.807, 2.05) is 0 Å². The van der Waals surface area contributed by atoms with Crippen LogP contribution in [-0.4, -0.2) is 47.6 Å². The topological polar surface area (TPSA) is 93.1 Å². The van der Waals surface area contributed by atoms with Crippen LogP contribution in [-0.2, 0) is 19.1 Å². The second kappa shape index (κ2) is 12.9. The molecule has 0 aliphatic heterocycles. The van der Waals surface area contributed by atoms with Crippen LogP contribution in [0.2, 0.25) is 0 Å². The van der Waals surface area contributed by atoms with Crippen LogP contribution in [0.15, 0.2) is 11.6 Å². The van der Waals surface area contributed by atoms with Gasteiger partial charge in [-0.1, -0.05) is 58.3 Å². The molecule has 0 aromatic heterocycles. The minimum absolute atomic E-state index is 0.0500. The van der Waals surface area contributed by atoms with Crippen LogP contribution >= 0.6 is 0 Å². The first-order valence-electron chi connectivity index (χ1n) is 9.84. The first-order chi connectivity index (χ1) is 12.5. The second-order valence-electron chi connectivity index (χ2n) is 6.98. The van der Waals surface area contributed by atoms with Gasteiger partial charge in [0.15, 0.2) is 0 Å². The van der Waals surface area contributed by atoms with Gasteiger partial charge in [-0.15, -0.1) is 0 Å². The van der Waals surface area contributed by atoms with Crippen molar-refractivity contribution in [3.8, 4) is 0 Å². The number of methoxy groups -OCH3 is 1. The largest absolute Gasteiger partial charge is 0.466 e. The Morgan fingerprint density at radius 2 is 1.62 bits per heavy atom. The summed E-state index contributed by atoms with van der Waals surface area (Å²) in [6.07, 6.45) is 8.63. The maximum absolute atomic E-state index is 12.0. The van der Waals surface area contributed by atoms with Crippen molar-refractivity contribution in [1.29, 1.82) is 0 Å². The van der Waals surface area contributed by atoms with Crippen LogP contribution in [0, 0.1) is 0 Å².